The number of carboxylic acid groups (broad SMARTS) is 1. The van der Waals surface area contributed by atoms with E-state index in [4.69, 9.17) is 5.11 Å². The summed E-state index contributed by atoms with van der Waals surface area (Å²) < 4.78 is 1.55. The van der Waals surface area contributed by atoms with E-state index in [2.05, 4.69) is 10.4 Å². The first-order valence-electron chi connectivity index (χ1n) is 8.16. The molecule has 0 saturated carbocycles. The lowest BCUT2D eigenvalue weighted by Gasteiger charge is -2.19. The summed E-state index contributed by atoms with van der Waals surface area (Å²) in [6.45, 7) is 3.93. The van der Waals surface area contributed by atoms with E-state index in [-0.39, 0.29) is 18.2 Å². The molecule has 0 aliphatic carbocycles. The van der Waals surface area contributed by atoms with Gasteiger partial charge in [-0.3, -0.25) is 14.9 Å². The Morgan fingerprint density at radius 1 is 1.40 bits per heavy atom. The minimum atomic E-state index is -0.894. The first-order chi connectivity index (χ1) is 11.9. The Labute approximate surface area is 145 Å². The van der Waals surface area contributed by atoms with Gasteiger partial charge in [0.15, 0.2) is 0 Å². The molecule has 2 N–H and O–H groups in total. The molecule has 25 heavy (non-hydrogen) atoms. The zero-order valence-corrected chi connectivity index (χ0v) is 14.3. The van der Waals surface area contributed by atoms with Crippen molar-refractivity contribution >= 4 is 17.5 Å². The van der Waals surface area contributed by atoms with Crippen LogP contribution in [-0.4, -0.2) is 31.8 Å². The molecule has 1 aromatic carbocycles. The second-order valence-corrected chi connectivity index (χ2v) is 5.82. The summed E-state index contributed by atoms with van der Waals surface area (Å²) in [5, 5.41) is 27.8. The van der Waals surface area contributed by atoms with Crippen LogP contribution in [0.4, 0.5) is 11.5 Å². The van der Waals surface area contributed by atoms with Crippen molar-refractivity contribution in [1.29, 1.82) is 0 Å². The summed E-state index contributed by atoms with van der Waals surface area (Å²) >= 11 is 0. The summed E-state index contributed by atoms with van der Waals surface area (Å²) in [4.78, 5) is 21.9. The van der Waals surface area contributed by atoms with Gasteiger partial charge in [0.25, 0.3) is 0 Å². The Morgan fingerprint density at radius 3 is 2.64 bits per heavy atom. The number of aromatic nitrogens is 2. The van der Waals surface area contributed by atoms with Crippen molar-refractivity contribution in [1.82, 2.24) is 9.78 Å². The van der Waals surface area contributed by atoms with Crippen LogP contribution >= 0.6 is 0 Å². The quantitative estimate of drug-likeness (QED) is 0.533. The third-order valence-electron chi connectivity index (χ3n) is 3.95. The molecule has 2 aromatic rings. The number of benzene rings is 1. The SMILES string of the molecule is CCn1nc(C)c([N+](=O)[O-])c1NC(CCC(=O)O)Cc1ccccc1. The fourth-order valence-corrected chi connectivity index (χ4v) is 2.78. The molecule has 0 fully saturated rings. The molecular weight excluding hydrogens is 324 g/mol. The molecule has 1 atom stereocenters. The van der Waals surface area contributed by atoms with Crippen molar-refractivity contribution in [3.05, 3.63) is 51.7 Å². The van der Waals surface area contributed by atoms with E-state index in [1.807, 2.05) is 37.3 Å². The van der Waals surface area contributed by atoms with Crippen LogP contribution < -0.4 is 5.32 Å². The Balaban J connectivity index is 2.29. The number of nitrogens with one attached hydrogen (secondary N) is 1. The van der Waals surface area contributed by atoms with Crippen LogP contribution in [0.15, 0.2) is 30.3 Å². The second-order valence-electron chi connectivity index (χ2n) is 5.82. The summed E-state index contributed by atoms with van der Waals surface area (Å²) in [6, 6.07) is 9.37. The number of carbonyl (C=O) groups is 1. The average molecular weight is 346 g/mol. The van der Waals surface area contributed by atoms with Gasteiger partial charge >= 0.3 is 11.7 Å². The minimum absolute atomic E-state index is 0.0163. The Morgan fingerprint density at radius 2 is 2.08 bits per heavy atom. The number of hydrogen-bond acceptors (Lipinski definition) is 5. The van der Waals surface area contributed by atoms with Crippen LogP contribution in [0.5, 0.6) is 0 Å². The normalized spacial score (nSPS) is 11.9. The number of aryl methyl sites for hydroxylation is 2. The third kappa shape index (κ3) is 4.79. The number of anilines is 1. The van der Waals surface area contributed by atoms with Crippen molar-refractivity contribution in [2.45, 2.75) is 45.7 Å². The van der Waals surface area contributed by atoms with Gasteiger partial charge in [0.1, 0.15) is 5.69 Å². The van der Waals surface area contributed by atoms with Gasteiger partial charge in [-0.1, -0.05) is 30.3 Å². The maximum absolute atomic E-state index is 11.4. The predicted molar refractivity (Wildman–Crippen MR) is 93.7 cm³/mol. The third-order valence-corrected chi connectivity index (χ3v) is 3.95. The zero-order chi connectivity index (χ0) is 18.4. The van der Waals surface area contributed by atoms with Gasteiger partial charge < -0.3 is 10.4 Å². The smallest absolute Gasteiger partial charge is 0.333 e. The predicted octanol–water partition coefficient (Wildman–Crippen LogP) is 3.01. The fraction of sp³-hybridized carbons (Fsp3) is 0.412. The lowest BCUT2D eigenvalue weighted by molar-refractivity contribution is -0.384. The molecule has 0 amide bonds. The first-order valence-corrected chi connectivity index (χ1v) is 8.16. The van der Waals surface area contributed by atoms with Crippen molar-refractivity contribution in [2.75, 3.05) is 5.32 Å². The van der Waals surface area contributed by atoms with Gasteiger partial charge in [0, 0.05) is 19.0 Å². The van der Waals surface area contributed by atoms with E-state index >= 15 is 0 Å². The van der Waals surface area contributed by atoms with Crippen molar-refractivity contribution in [3.63, 3.8) is 0 Å². The first kappa shape index (κ1) is 18.4. The summed E-state index contributed by atoms with van der Waals surface area (Å²) in [5.74, 6) is -0.564. The molecular formula is C17H22N4O4. The molecule has 0 aliphatic rings. The molecule has 0 bridgehead atoms. The lowest BCUT2D eigenvalue weighted by Crippen LogP contribution is -2.25. The molecule has 1 aromatic heterocycles. The number of rotatable bonds is 9. The molecule has 1 unspecified atom stereocenters. The van der Waals surface area contributed by atoms with Gasteiger partial charge in [0.2, 0.25) is 5.82 Å². The monoisotopic (exact) mass is 346 g/mol. The highest BCUT2D eigenvalue weighted by Gasteiger charge is 2.27. The van der Waals surface area contributed by atoms with E-state index in [0.717, 1.165) is 5.56 Å². The number of hydrogen-bond donors (Lipinski definition) is 2. The molecule has 2 rings (SSSR count). The van der Waals surface area contributed by atoms with E-state index in [0.29, 0.717) is 30.9 Å². The van der Waals surface area contributed by atoms with Gasteiger partial charge in [0.05, 0.1) is 4.92 Å². The fourth-order valence-electron chi connectivity index (χ4n) is 2.78. The second kappa shape index (κ2) is 8.27. The number of nitro groups is 1. The molecule has 8 heteroatoms. The molecule has 0 aliphatic heterocycles. The van der Waals surface area contributed by atoms with Crippen molar-refractivity contribution < 1.29 is 14.8 Å². The van der Waals surface area contributed by atoms with E-state index < -0.39 is 10.9 Å². The highest BCUT2D eigenvalue weighted by atomic mass is 16.6. The number of carboxylic acids is 1. The zero-order valence-electron chi connectivity index (χ0n) is 14.3. The van der Waals surface area contributed by atoms with E-state index in [9.17, 15) is 14.9 Å². The Kier molecular flexibility index (Phi) is 6.10. The van der Waals surface area contributed by atoms with Crippen LogP contribution in [0.25, 0.3) is 0 Å². The van der Waals surface area contributed by atoms with Gasteiger partial charge in [-0.25, -0.2) is 4.68 Å². The average Bonchev–Trinajstić information content (AvgIpc) is 2.89. The highest BCUT2D eigenvalue weighted by molar-refractivity contribution is 5.67. The summed E-state index contributed by atoms with van der Waals surface area (Å²) in [7, 11) is 0. The largest absolute Gasteiger partial charge is 0.481 e. The Bertz CT molecular complexity index is 743. The molecule has 8 nitrogen and oxygen atoms in total. The van der Waals surface area contributed by atoms with Gasteiger partial charge in [-0.05, 0) is 32.3 Å². The van der Waals surface area contributed by atoms with Crippen molar-refractivity contribution in [2.24, 2.45) is 0 Å². The molecule has 0 spiro atoms. The maximum Gasteiger partial charge on any atom is 0.333 e. The lowest BCUT2D eigenvalue weighted by atomic mass is 10.0. The molecule has 1 heterocycles. The van der Waals surface area contributed by atoms with Crippen LogP contribution in [0.1, 0.15) is 31.0 Å². The van der Waals surface area contributed by atoms with Gasteiger partial charge in [-0.2, -0.15) is 5.10 Å². The van der Waals surface area contributed by atoms with Crippen LogP contribution in [-0.2, 0) is 17.8 Å². The standard InChI is InChI=1S/C17H22N4O4/c1-3-20-17(16(21(24)25)12(2)19-20)18-14(9-10-15(22)23)11-13-7-5-4-6-8-13/h4-8,14,18H,3,9-11H2,1-2H3,(H,22,23). The maximum atomic E-state index is 11.4. The molecule has 0 saturated heterocycles. The summed E-state index contributed by atoms with van der Waals surface area (Å²) in [6.07, 6.45) is 0.909. The topological polar surface area (TPSA) is 110 Å². The highest BCUT2D eigenvalue weighted by Crippen LogP contribution is 2.29. The molecule has 134 valence electrons. The van der Waals surface area contributed by atoms with Crippen LogP contribution in [0.2, 0.25) is 0 Å². The van der Waals surface area contributed by atoms with Crippen LogP contribution in [0.3, 0.4) is 0 Å². The van der Waals surface area contributed by atoms with E-state index in [1.54, 1.807) is 11.6 Å². The number of nitrogens with zero attached hydrogens (tertiary/aromatic N) is 3. The molecule has 0 radical (unpaired) electrons. The van der Waals surface area contributed by atoms with Gasteiger partial charge in [-0.15, -0.1) is 0 Å². The number of aliphatic carboxylic acids is 1. The van der Waals surface area contributed by atoms with Crippen molar-refractivity contribution in [3.8, 4) is 0 Å². The van der Waals surface area contributed by atoms with E-state index in [1.165, 1.54) is 0 Å². The minimum Gasteiger partial charge on any atom is -0.481 e. The van der Waals surface area contributed by atoms with Crippen LogP contribution in [0, 0.1) is 17.0 Å². The Hall–Kier alpha value is -2.90. The summed E-state index contributed by atoms with van der Waals surface area (Å²) in [5.41, 5.74) is 1.31.